The average molecular weight is 383 g/mol. The molecule has 3 heterocycles. The number of rotatable bonds is 5. The van der Waals surface area contributed by atoms with Gasteiger partial charge in [0.25, 0.3) is 0 Å². The Morgan fingerprint density at radius 3 is 2.57 bits per heavy atom. The second kappa shape index (κ2) is 7.27. The highest BCUT2D eigenvalue weighted by Crippen LogP contribution is 2.40. The van der Waals surface area contributed by atoms with Gasteiger partial charge in [0.1, 0.15) is 12.4 Å². The van der Waals surface area contributed by atoms with Crippen LogP contribution in [0, 0.1) is 0 Å². The molecule has 0 N–H and O–H groups in total. The van der Waals surface area contributed by atoms with E-state index in [1.165, 1.54) is 11.1 Å². The van der Waals surface area contributed by atoms with E-state index in [2.05, 4.69) is 34.0 Å². The number of fused-ring (bicyclic) bond motifs is 2. The minimum atomic E-state index is 0.122. The fourth-order valence-electron chi connectivity index (χ4n) is 3.90. The van der Waals surface area contributed by atoms with E-state index < -0.39 is 0 Å². The lowest BCUT2D eigenvalue weighted by atomic mass is 9.92. The molecule has 28 heavy (non-hydrogen) atoms. The minimum absolute atomic E-state index is 0.122. The number of benzene rings is 1. The molecule has 1 aromatic carbocycles. The maximum Gasteiger partial charge on any atom is 0.163 e. The van der Waals surface area contributed by atoms with E-state index in [-0.39, 0.29) is 6.04 Å². The Labute approximate surface area is 164 Å². The maximum atomic E-state index is 5.52. The van der Waals surface area contributed by atoms with E-state index in [0.29, 0.717) is 12.4 Å². The fourth-order valence-corrected chi connectivity index (χ4v) is 3.90. The highest BCUT2D eigenvalue weighted by atomic mass is 16.5. The van der Waals surface area contributed by atoms with Gasteiger partial charge in [-0.2, -0.15) is 5.10 Å². The molecule has 0 spiro atoms. The number of hydrogen-bond donors (Lipinski definition) is 0. The van der Waals surface area contributed by atoms with E-state index in [9.17, 15) is 0 Å². The van der Waals surface area contributed by atoms with Gasteiger partial charge in [0, 0.05) is 20.7 Å². The molecule has 1 aliphatic heterocycles. The van der Waals surface area contributed by atoms with Crippen molar-refractivity contribution in [3.05, 3.63) is 35.3 Å². The smallest absolute Gasteiger partial charge is 0.163 e. The molecule has 3 aromatic rings. The molecule has 1 aliphatic rings. The number of methoxy groups -OCH3 is 3. The summed E-state index contributed by atoms with van der Waals surface area (Å²) < 4.78 is 18.0. The largest absolute Gasteiger partial charge is 0.493 e. The Balaban J connectivity index is 1.81. The number of ether oxygens (including phenoxy) is 3. The first-order valence-corrected chi connectivity index (χ1v) is 9.26. The van der Waals surface area contributed by atoms with Gasteiger partial charge in [-0.25, -0.2) is 9.97 Å². The number of nitrogens with zero attached hydrogens (tertiary/aromatic N) is 5. The zero-order chi connectivity index (χ0) is 19.8. The molecular formula is C20H25N5O3. The number of hydrogen-bond acceptors (Lipinski definition) is 7. The zero-order valence-corrected chi connectivity index (χ0v) is 16.9. The Morgan fingerprint density at radius 2 is 1.86 bits per heavy atom. The molecule has 0 radical (unpaired) electrons. The molecule has 0 saturated heterocycles. The monoisotopic (exact) mass is 383 g/mol. The van der Waals surface area contributed by atoms with Crippen LogP contribution in [0.2, 0.25) is 0 Å². The van der Waals surface area contributed by atoms with Gasteiger partial charge in [0.05, 0.1) is 31.8 Å². The van der Waals surface area contributed by atoms with Crippen molar-refractivity contribution in [2.75, 3.05) is 32.8 Å². The lowest BCUT2D eigenvalue weighted by Gasteiger charge is -2.37. The van der Waals surface area contributed by atoms with E-state index in [0.717, 1.165) is 41.3 Å². The topological polar surface area (TPSA) is 74.5 Å². The van der Waals surface area contributed by atoms with Crippen LogP contribution in [-0.4, -0.2) is 47.6 Å². The molecule has 1 unspecified atom stereocenters. The van der Waals surface area contributed by atoms with Crippen molar-refractivity contribution < 1.29 is 14.2 Å². The molecule has 8 heteroatoms. The van der Waals surface area contributed by atoms with Gasteiger partial charge in [0.2, 0.25) is 0 Å². The summed E-state index contributed by atoms with van der Waals surface area (Å²) in [5.41, 5.74) is 3.30. The van der Waals surface area contributed by atoms with Gasteiger partial charge in [-0.05, 0) is 36.6 Å². The van der Waals surface area contributed by atoms with Crippen LogP contribution in [0.15, 0.2) is 18.3 Å². The van der Waals surface area contributed by atoms with Crippen molar-refractivity contribution in [2.45, 2.75) is 26.0 Å². The first-order chi connectivity index (χ1) is 13.6. The van der Waals surface area contributed by atoms with Gasteiger partial charge in [-0.3, -0.25) is 4.68 Å². The van der Waals surface area contributed by atoms with Gasteiger partial charge >= 0.3 is 0 Å². The summed E-state index contributed by atoms with van der Waals surface area (Å²) >= 11 is 0. The Hall–Kier alpha value is -2.87. The summed E-state index contributed by atoms with van der Waals surface area (Å²) in [6.45, 7) is 3.39. The number of aryl methyl sites for hydroxylation is 1. The predicted octanol–water partition coefficient (Wildman–Crippen LogP) is 2.65. The summed E-state index contributed by atoms with van der Waals surface area (Å²) in [4.78, 5) is 11.7. The van der Waals surface area contributed by atoms with Crippen LogP contribution in [0.4, 0.5) is 5.82 Å². The summed E-state index contributed by atoms with van der Waals surface area (Å²) in [5, 5.41) is 5.32. The Bertz CT molecular complexity index is 1020. The van der Waals surface area contributed by atoms with Crippen molar-refractivity contribution >= 4 is 16.9 Å². The van der Waals surface area contributed by atoms with Crippen LogP contribution >= 0.6 is 0 Å². The van der Waals surface area contributed by atoms with Gasteiger partial charge in [-0.15, -0.1) is 0 Å². The van der Waals surface area contributed by atoms with Crippen LogP contribution < -0.4 is 14.4 Å². The van der Waals surface area contributed by atoms with Gasteiger partial charge in [-0.1, -0.05) is 0 Å². The standard InChI is InChI=1S/C20H25N5O3/c1-12-14-9-17(28-5)16(27-4)8-13(14)6-7-25(12)20-15-10-21-24(2)19(15)22-18(23-20)11-26-3/h8-10,12H,6-7,11H2,1-5H3. The van der Waals surface area contributed by atoms with Crippen molar-refractivity contribution in [3.8, 4) is 11.5 Å². The van der Waals surface area contributed by atoms with Crippen LogP contribution in [-0.2, 0) is 24.8 Å². The molecule has 0 amide bonds. The van der Waals surface area contributed by atoms with Crippen LogP contribution in [0.3, 0.4) is 0 Å². The Kier molecular flexibility index (Phi) is 4.80. The molecule has 0 saturated carbocycles. The zero-order valence-electron chi connectivity index (χ0n) is 16.9. The third-order valence-corrected chi connectivity index (χ3v) is 5.35. The number of aromatic nitrogens is 4. The third-order valence-electron chi connectivity index (χ3n) is 5.35. The molecule has 0 aliphatic carbocycles. The second-order valence-electron chi connectivity index (χ2n) is 6.93. The molecule has 0 bridgehead atoms. The van der Waals surface area contributed by atoms with E-state index in [4.69, 9.17) is 19.2 Å². The summed E-state index contributed by atoms with van der Waals surface area (Å²) in [7, 11) is 6.87. The first kappa shape index (κ1) is 18.5. The third kappa shape index (κ3) is 2.93. The van der Waals surface area contributed by atoms with Crippen molar-refractivity contribution in [1.82, 2.24) is 19.7 Å². The van der Waals surface area contributed by atoms with E-state index >= 15 is 0 Å². The summed E-state index contributed by atoms with van der Waals surface area (Å²) in [6.07, 6.45) is 2.73. The normalized spacial score (nSPS) is 16.3. The van der Waals surface area contributed by atoms with Crippen LogP contribution in [0.1, 0.15) is 29.9 Å². The predicted molar refractivity (Wildman–Crippen MR) is 106 cm³/mol. The van der Waals surface area contributed by atoms with Crippen molar-refractivity contribution in [2.24, 2.45) is 7.05 Å². The van der Waals surface area contributed by atoms with Gasteiger partial charge in [0.15, 0.2) is 23.0 Å². The highest BCUT2D eigenvalue weighted by Gasteiger charge is 2.29. The minimum Gasteiger partial charge on any atom is -0.493 e. The van der Waals surface area contributed by atoms with Gasteiger partial charge < -0.3 is 19.1 Å². The summed E-state index contributed by atoms with van der Waals surface area (Å²) in [5.74, 6) is 3.04. The average Bonchev–Trinajstić information content (AvgIpc) is 3.08. The first-order valence-electron chi connectivity index (χ1n) is 9.26. The lowest BCUT2D eigenvalue weighted by Crippen LogP contribution is -2.35. The fraction of sp³-hybridized carbons (Fsp3) is 0.450. The molecular weight excluding hydrogens is 358 g/mol. The molecule has 2 aromatic heterocycles. The summed E-state index contributed by atoms with van der Waals surface area (Å²) in [6, 6.07) is 4.28. The van der Waals surface area contributed by atoms with E-state index in [1.807, 2.05) is 13.2 Å². The van der Waals surface area contributed by atoms with Crippen molar-refractivity contribution in [1.29, 1.82) is 0 Å². The molecule has 8 nitrogen and oxygen atoms in total. The molecule has 1 atom stereocenters. The molecule has 4 rings (SSSR count). The Morgan fingerprint density at radius 1 is 1.11 bits per heavy atom. The SMILES string of the molecule is COCc1nc(N2CCc3cc(OC)c(OC)cc3C2C)c2cnn(C)c2n1. The molecule has 148 valence electrons. The van der Waals surface area contributed by atoms with Crippen molar-refractivity contribution in [3.63, 3.8) is 0 Å². The van der Waals surface area contributed by atoms with Crippen LogP contribution in [0.25, 0.3) is 11.0 Å². The quantitative estimate of drug-likeness (QED) is 0.670. The molecule has 0 fully saturated rings. The van der Waals surface area contributed by atoms with E-state index in [1.54, 1.807) is 26.0 Å². The number of anilines is 1. The lowest BCUT2D eigenvalue weighted by molar-refractivity contribution is 0.178. The maximum absolute atomic E-state index is 5.52. The van der Waals surface area contributed by atoms with Crippen LogP contribution in [0.5, 0.6) is 11.5 Å². The second-order valence-corrected chi connectivity index (χ2v) is 6.93. The highest BCUT2D eigenvalue weighted by molar-refractivity contribution is 5.87.